The number of fused-ring (bicyclic) bond motifs is 8. The first kappa shape index (κ1) is 47.0. The smallest absolute Gasteiger partial charge is 0.355 e. The van der Waals surface area contributed by atoms with Crippen LogP contribution in [0.15, 0.2) is 77.6 Å². The number of carbonyl (C=O) groups excluding carboxylic acids is 4. The van der Waals surface area contributed by atoms with E-state index in [1.54, 1.807) is 54.0 Å². The summed E-state index contributed by atoms with van der Waals surface area (Å²) in [5.74, 6) is -2.49. The topological polar surface area (TPSA) is 219 Å². The normalized spacial score (nSPS) is 20.8. The molecular weight excluding hydrogens is 947 g/mol. The van der Waals surface area contributed by atoms with Gasteiger partial charge in [0.25, 0.3) is 5.56 Å². The SMILES string of the molecule is CCC1(OC(=O)COc2ccc(C(=O)OC3c4cc5c(cc4[C@@H](c4cc(OC)c(OC)c(OC)c4)[C@H]4C(=O)OC[C@H]34)OCO5)cc2)C(=O)OCc2c1cc1n(c2=O)Cc2cc3c(CN(C)C)c(O)ccc3nc2-1. The molecule has 6 heterocycles. The predicted molar refractivity (Wildman–Crippen MR) is 256 cm³/mol. The van der Waals surface area contributed by atoms with E-state index in [2.05, 4.69) is 0 Å². The van der Waals surface area contributed by atoms with Crippen LogP contribution < -0.4 is 34.0 Å². The Morgan fingerprint density at radius 3 is 2.29 bits per heavy atom. The van der Waals surface area contributed by atoms with Crippen molar-refractivity contribution in [1.29, 1.82) is 0 Å². The van der Waals surface area contributed by atoms with E-state index in [1.807, 2.05) is 25.1 Å². The van der Waals surface area contributed by atoms with Crippen molar-refractivity contribution in [2.45, 2.75) is 50.7 Å². The van der Waals surface area contributed by atoms with Crippen LogP contribution in [0.2, 0.25) is 0 Å². The molecular formula is C54H49N3O16. The zero-order chi connectivity index (χ0) is 51.0. The van der Waals surface area contributed by atoms with Crippen LogP contribution in [0.5, 0.6) is 40.2 Å². The molecule has 1 fully saturated rings. The number of phenolic OH excluding ortho intramolecular Hbond substituents is 1. The molecule has 1 N–H and O–H groups in total. The maximum atomic E-state index is 14.2. The molecule has 73 heavy (non-hydrogen) atoms. The Hall–Kier alpha value is -8.32. The summed E-state index contributed by atoms with van der Waals surface area (Å²) in [5.41, 5.74) is 3.13. The van der Waals surface area contributed by atoms with Crippen LogP contribution in [-0.4, -0.2) is 98.9 Å². The highest BCUT2D eigenvalue weighted by Gasteiger charge is 2.55. The minimum Gasteiger partial charge on any atom is -0.508 e. The van der Waals surface area contributed by atoms with Crippen LogP contribution in [0.25, 0.3) is 22.3 Å². The van der Waals surface area contributed by atoms with Gasteiger partial charge in [-0.1, -0.05) is 6.92 Å². The fraction of sp³-hybridized carbons (Fsp3) is 0.333. The number of methoxy groups -OCH3 is 3. The standard InChI is InChI=1S/C54H49N3O16/c1-7-54(36-19-38-47-28(20-57(38)50(60)34(36)22-69-53(54)63)14-30-33(21-56(2)3)39(58)13-12-37(30)55-47)73-44(59)24-67-29-10-8-26(9-11-29)51(61)72-48-32-18-41-40(70-25-71-41)17-31(32)45(46-35(48)23-68-52(46)62)27-15-42(64-4)49(66-6)43(16-27)65-5/h8-19,35,45-46,48,58H,7,20-25H2,1-6H3/t35-,45+,46-,48?,54?/m0/s1. The van der Waals surface area contributed by atoms with E-state index in [4.69, 9.17) is 52.4 Å². The lowest BCUT2D eigenvalue weighted by atomic mass is 9.66. The number of aromatic nitrogens is 2. The van der Waals surface area contributed by atoms with E-state index < -0.39 is 65.5 Å². The summed E-state index contributed by atoms with van der Waals surface area (Å²) in [5, 5.41) is 11.5. The molecule has 4 aliphatic heterocycles. The summed E-state index contributed by atoms with van der Waals surface area (Å²) in [4.78, 5) is 76.2. The van der Waals surface area contributed by atoms with Crippen molar-refractivity contribution in [2.75, 3.05) is 55.4 Å². The van der Waals surface area contributed by atoms with Crippen LogP contribution in [0.4, 0.5) is 0 Å². The van der Waals surface area contributed by atoms with E-state index >= 15 is 0 Å². The molecule has 19 nitrogen and oxygen atoms in total. The minimum atomic E-state index is -1.97. The van der Waals surface area contributed by atoms with Crippen LogP contribution in [0.3, 0.4) is 0 Å². The summed E-state index contributed by atoms with van der Waals surface area (Å²) in [7, 11) is 8.31. The van der Waals surface area contributed by atoms with Gasteiger partial charge in [-0.05, 0) is 104 Å². The molecule has 0 spiro atoms. The van der Waals surface area contributed by atoms with E-state index in [0.29, 0.717) is 74.5 Å². The number of carbonyl (C=O) groups is 4. The second-order valence-corrected chi connectivity index (χ2v) is 18.6. The predicted octanol–water partition coefficient (Wildman–Crippen LogP) is 6.06. The molecule has 5 atom stereocenters. The van der Waals surface area contributed by atoms with Crippen LogP contribution in [-0.2, 0) is 58.6 Å². The first-order chi connectivity index (χ1) is 35.2. The molecule has 2 aromatic heterocycles. The molecule has 1 aliphatic carbocycles. The fourth-order valence-corrected chi connectivity index (χ4v) is 10.9. The fourth-order valence-electron chi connectivity index (χ4n) is 10.9. The third-order valence-corrected chi connectivity index (χ3v) is 14.4. The summed E-state index contributed by atoms with van der Waals surface area (Å²) >= 11 is 0. The second kappa shape index (κ2) is 18.1. The highest BCUT2D eigenvalue weighted by Crippen LogP contribution is 2.57. The average Bonchev–Trinajstić information content (AvgIpc) is 4.12. The Bertz CT molecular complexity index is 3340. The quantitative estimate of drug-likeness (QED) is 0.102. The molecule has 376 valence electrons. The van der Waals surface area contributed by atoms with Gasteiger partial charge in [-0.15, -0.1) is 0 Å². The van der Waals surface area contributed by atoms with Gasteiger partial charge in [-0.25, -0.2) is 19.4 Å². The van der Waals surface area contributed by atoms with Gasteiger partial charge in [0.2, 0.25) is 18.1 Å². The Kier molecular flexibility index (Phi) is 11.6. The first-order valence-corrected chi connectivity index (χ1v) is 23.5. The maximum Gasteiger partial charge on any atom is 0.355 e. The zero-order valence-electron chi connectivity index (χ0n) is 40.6. The molecule has 0 saturated carbocycles. The molecule has 19 heteroatoms. The van der Waals surface area contributed by atoms with Crippen molar-refractivity contribution < 1.29 is 71.7 Å². The van der Waals surface area contributed by atoms with Gasteiger partial charge in [0.15, 0.2) is 29.6 Å². The lowest BCUT2D eigenvalue weighted by Crippen LogP contribution is -2.48. The molecule has 6 aromatic rings. The highest BCUT2D eigenvalue weighted by molar-refractivity contribution is 5.91. The van der Waals surface area contributed by atoms with Gasteiger partial charge in [-0.3, -0.25) is 9.59 Å². The highest BCUT2D eigenvalue weighted by atomic mass is 16.7. The Balaban J connectivity index is 0.823. The molecule has 1 saturated heterocycles. The van der Waals surface area contributed by atoms with Gasteiger partial charge in [-0.2, -0.15) is 0 Å². The summed E-state index contributed by atoms with van der Waals surface area (Å²) in [6.45, 7) is 1.33. The van der Waals surface area contributed by atoms with Crippen molar-refractivity contribution in [3.05, 3.63) is 128 Å². The summed E-state index contributed by atoms with van der Waals surface area (Å²) in [6, 6.07) is 19.9. The average molecular weight is 996 g/mol. The van der Waals surface area contributed by atoms with E-state index in [1.165, 1.54) is 45.6 Å². The number of phenols is 1. The molecule has 2 unspecified atom stereocenters. The van der Waals surface area contributed by atoms with Crippen LogP contribution in [0.1, 0.15) is 74.7 Å². The number of hydrogen-bond donors (Lipinski definition) is 1. The van der Waals surface area contributed by atoms with Crippen LogP contribution >= 0.6 is 0 Å². The molecule has 11 rings (SSSR count). The van der Waals surface area contributed by atoms with Gasteiger partial charge in [0, 0.05) is 46.0 Å². The Labute approximate surface area is 416 Å². The third-order valence-electron chi connectivity index (χ3n) is 14.4. The number of pyridine rings is 2. The van der Waals surface area contributed by atoms with Gasteiger partial charge < -0.3 is 61.9 Å². The first-order valence-electron chi connectivity index (χ1n) is 23.5. The minimum absolute atomic E-state index is 0.0140. The monoisotopic (exact) mass is 995 g/mol. The Morgan fingerprint density at radius 1 is 0.877 bits per heavy atom. The molecule has 5 aliphatic rings. The van der Waals surface area contributed by atoms with Crippen molar-refractivity contribution in [3.8, 4) is 51.6 Å². The number of ether oxygens (including phenoxy) is 10. The number of rotatable bonds is 13. The maximum absolute atomic E-state index is 14.2. The summed E-state index contributed by atoms with van der Waals surface area (Å²) < 4.78 is 59.2. The van der Waals surface area contributed by atoms with Gasteiger partial charge in [0.1, 0.15) is 24.2 Å². The van der Waals surface area contributed by atoms with Gasteiger partial charge in [0.05, 0.1) is 68.4 Å². The second-order valence-electron chi connectivity index (χ2n) is 18.6. The number of cyclic esters (lactones) is 2. The molecule has 0 radical (unpaired) electrons. The number of esters is 4. The van der Waals surface area contributed by atoms with Crippen molar-refractivity contribution >= 4 is 34.8 Å². The molecule has 0 bridgehead atoms. The molecule has 4 aromatic carbocycles. The van der Waals surface area contributed by atoms with E-state index in [9.17, 15) is 29.1 Å². The number of nitrogens with zero attached hydrogens (tertiary/aromatic N) is 3. The largest absolute Gasteiger partial charge is 0.508 e. The van der Waals surface area contributed by atoms with Crippen molar-refractivity contribution in [1.82, 2.24) is 14.5 Å². The third kappa shape index (κ3) is 7.67. The van der Waals surface area contributed by atoms with E-state index in [0.717, 1.165) is 10.9 Å². The summed E-state index contributed by atoms with van der Waals surface area (Å²) in [6.07, 6.45) is -1.00. The van der Waals surface area contributed by atoms with Crippen LogP contribution in [0, 0.1) is 11.8 Å². The van der Waals surface area contributed by atoms with Crippen molar-refractivity contribution in [3.63, 3.8) is 0 Å². The van der Waals surface area contributed by atoms with Gasteiger partial charge >= 0.3 is 23.9 Å². The number of aromatic hydroxyl groups is 1. The lowest BCUT2D eigenvalue weighted by molar-refractivity contribution is -0.190. The molecule has 0 amide bonds. The van der Waals surface area contributed by atoms with Crippen molar-refractivity contribution in [2.24, 2.45) is 11.8 Å². The van der Waals surface area contributed by atoms with E-state index in [-0.39, 0.29) is 61.2 Å². The number of benzene rings is 4. The lowest BCUT2D eigenvalue weighted by Gasteiger charge is -2.38. The number of hydrogen-bond acceptors (Lipinski definition) is 18. The zero-order valence-corrected chi connectivity index (χ0v) is 40.6. The Morgan fingerprint density at radius 2 is 1.60 bits per heavy atom.